The highest BCUT2D eigenvalue weighted by Gasteiger charge is 2.30. The van der Waals surface area contributed by atoms with E-state index in [9.17, 15) is 14.4 Å². The van der Waals surface area contributed by atoms with E-state index in [1.165, 1.54) is 18.2 Å². The Morgan fingerprint density at radius 1 is 1.24 bits per heavy atom. The number of ether oxygens (including phenoxy) is 2. The molecule has 1 aromatic rings. The summed E-state index contributed by atoms with van der Waals surface area (Å²) < 4.78 is 9.05. The number of hydrogen-bond acceptors (Lipinski definition) is 6. The van der Waals surface area contributed by atoms with Gasteiger partial charge in [0.2, 0.25) is 0 Å². The lowest BCUT2D eigenvalue weighted by Crippen LogP contribution is -2.09. The van der Waals surface area contributed by atoms with Crippen LogP contribution in [0.15, 0.2) is 18.2 Å². The Morgan fingerprint density at radius 2 is 1.94 bits per heavy atom. The first kappa shape index (κ1) is 11.3. The standard InChI is InChI=1S/C11H8O6/c12-3-4-16-9(13)6-1-2-7-8(5-6)11(15)17-10(7)14/h1-2,5,12H,3-4H2. The molecule has 0 saturated carbocycles. The Labute approximate surface area is 95.8 Å². The summed E-state index contributed by atoms with van der Waals surface area (Å²) in [4.78, 5) is 33.8. The first-order valence-corrected chi connectivity index (χ1v) is 4.82. The summed E-state index contributed by atoms with van der Waals surface area (Å²) >= 11 is 0. The maximum Gasteiger partial charge on any atom is 0.346 e. The number of esters is 3. The van der Waals surface area contributed by atoms with E-state index >= 15 is 0 Å². The van der Waals surface area contributed by atoms with E-state index in [1.807, 2.05) is 0 Å². The number of benzene rings is 1. The van der Waals surface area contributed by atoms with Crippen molar-refractivity contribution < 1.29 is 29.0 Å². The maximum absolute atomic E-state index is 11.4. The Balaban J connectivity index is 2.28. The molecule has 0 atom stereocenters. The number of hydrogen-bond donors (Lipinski definition) is 1. The summed E-state index contributed by atoms with van der Waals surface area (Å²) in [6.45, 7) is -0.406. The van der Waals surface area contributed by atoms with Gasteiger partial charge < -0.3 is 14.6 Å². The first-order chi connectivity index (χ1) is 8.13. The predicted octanol–water partition coefficient (Wildman–Crippen LogP) is 0.146. The SMILES string of the molecule is O=C(OCCO)c1ccc2c(c1)C(=O)OC2=O. The third kappa shape index (κ3) is 2.02. The van der Waals surface area contributed by atoms with Crippen molar-refractivity contribution in [2.24, 2.45) is 0 Å². The fourth-order valence-corrected chi connectivity index (χ4v) is 1.43. The molecule has 0 radical (unpaired) electrons. The molecule has 0 aromatic heterocycles. The normalized spacial score (nSPS) is 13.2. The molecule has 17 heavy (non-hydrogen) atoms. The van der Waals surface area contributed by atoms with E-state index < -0.39 is 17.9 Å². The molecule has 6 heteroatoms. The number of rotatable bonds is 3. The van der Waals surface area contributed by atoms with Crippen LogP contribution < -0.4 is 0 Å². The minimum absolute atomic E-state index is 0.0495. The van der Waals surface area contributed by atoms with Gasteiger partial charge in [0, 0.05) is 0 Å². The van der Waals surface area contributed by atoms with Crippen molar-refractivity contribution in [1.82, 2.24) is 0 Å². The van der Waals surface area contributed by atoms with E-state index in [1.54, 1.807) is 0 Å². The molecule has 0 fully saturated rings. The van der Waals surface area contributed by atoms with Gasteiger partial charge in [-0.1, -0.05) is 0 Å². The van der Waals surface area contributed by atoms with Crippen LogP contribution in [0.3, 0.4) is 0 Å². The van der Waals surface area contributed by atoms with Crippen molar-refractivity contribution in [2.45, 2.75) is 0 Å². The summed E-state index contributed by atoms with van der Waals surface area (Å²) in [7, 11) is 0. The molecule has 0 saturated heterocycles. The van der Waals surface area contributed by atoms with E-state index in [0.29, 0.717) is 0 Å². The van der Waals surface area contributed by atoms with Crippen LogP contribution in [0.5, 0.6) is 0 Å². The molecule has 88 valence electrons. The zero-order chi connectivity index (χ0) is 12.4. The monoisotopic (exact) mass is 236 g/mol. The molecule has 0 aliphatic carbocycles. The van der Waals surface area contributed by atoms with E-state index in [0.717, 1.165) is 0 Å². The van der Waals surface area contributed by atoms with Gasteiger partial charge in [0.1, 0.15) is 6.61 Å². The number of fused-ring (bicyclic) bond motifs is 1. The van der Waals surface area contributed by atoms with Crippen LogP contribution in [0.25, 0.3) is 0 Å². The molecule has 1 aromatic carbocycles. The van der Waals surface area contributed by atoms with E-state index in [2.05, 4.69) is 9.47 Å². The summed E-state index contributed by atoms with van der Waals surface area (Å²) in [5.41, 5.74) is 0.311. The van der Waals surface area contributed by atoms with Gasteiger partial charge in [0.15, 0.2) is 0 Å². The van der Waals surface area contributed by atoms with Crippen molar-refractivity contribution in [3.05, 3.63) is 34.9 Å². The van der Waals surface area contributed by atoms with Crippen LogP contribution in [-0.4, -0.2) is 36.2 Å². The van der Waals surface area contributed by atoms with Gasteiger partial charge in [-0.05, 0) is 18.2 Å². The average Bonchev–Trinajstić information content (AvgIpc) is 2.61. The summed E-state index contributed by atoms with van der Waals surface area (Å²) in [6, 6.07) is 3.93. The van der Waals surface area contributed by atoms with Crippen LogP contribution in [0.1, 0.15) is 31.1 Å². The van der Waals surface area contributed by atoms with Crippen molar-refractivity contribution in [3.63, 3.8) is 0 Å². The van der Waals surface area contributed by atoms with Crippen LogP contribution in [0.2, 0.25) is 0 Å². The molecule has 1 aliphatic heterocycles. The molecule has 2 rings (SSSR count). The lowest BCUT2D eigenvalue weighted by Gasteiger charge is -2.02. The molecule has 1 aliphatic rings. The van der Waals surface area contributed by atoms with Crippen molar-refractivity contribution >= 4 is 17.9 Å². The number of carbonyl (C=O) groups is 3. The lowest BCUT2D eigenvalue weighted by atomic mass is 10.1. The van der Waals surface area contributed by atoms with Gasteiger partial charge in [-0.15, -0.1) is 0 Å². The zero-order valence-electron chi connectivity index (χ0n) is 8.63. The molecular formula is C11H8O6. The summed E-state index contributed by atoms with van der Waals surface area (Å²) in [5, 5.41) is 8.50. The van der Waals surface area contributed by atoms with Crippen molar-refractivity contribution in [3.8, 4) is 0 Å². The minimum atomic E-state index is -0.776. The van der Waals surface area contributed by atoms with Gasteiger partial charge in [0.05, 0.1) is 23.3 Å². The predicted molar refractivity (Wildman–Crippen MR) is 53.6 cm³/mol. The molecular weight excluding hydrogens is 228 g/mol. The molecule has 1 N–H and O–H groups in total. The van der Waals surface area contributed by atoms with Crippen molar-refractivity contribution in [1.29, 1.82) is 0 Å². The van der Waals surface area contributed by atoms with E-state index in [4.69, 9.17) is 5.11 Å². The second-order valence-electron chi connectivity index (χ2n) is 3.30. The van der Waals surface area contributed by atoms with Crippen LogP contribution in [0.4, 0.5) is 0 Å². The lowest BCUT2D eigenvalue weighted by molar-refractivity contribution is 0.0430. The number of aliphatic hydroxyl groups excluding tert-OH is 1. The Morgan fingerprint density at radius 3 is 2.65 bits per heavy atom. The van der Waals surface area contributed by atoms with Gasteiger partial charge in [-0.25, -0.2) is 14.4 Å². The third-order valence-electron chi connectivity index (χ3n) is 2.20. The van der Waals surface area contributed by atoms with Gasteiger partial charge in [-0.3, -0.25) is 0 Å². The highest BCUT2D eigenvalue weighted by molar-refractivity contribution is 6.15. The largest absolute Gasteiger partial charge is 0.460 e. The zero-order valence-corrected chi connectivity index (χ0v) is 8.63. The maximum atomic E-state index is 11.4. The molecule has 0 spiro atoms. The van der Waals surface area contributed by atoms with Gasteiger partial charge in [-0.2, -0.15) is 0 Å². The summed E-state index contributed by atoms with van der Waals surface area (Å²) in [6.07, 6.45) is 0. The Kier molecular flexibility index (Phi) is 2.88. The van der Waals surface area contributed by atoms with Crippen LogP contribution in [-0.2, 0) is 9.47 Å². The molecule has 0 unspecified atom stereocenters. The third-order valence-corrected chi connectivity index (χ3v) is 2.20. The fourth-order valence-electron chi connectivity index (χ4n) is 1.43. The number of aliphatic hydroxyl groups is 1. The first-order valence-electron chi connectivity index (χ1n) is 4.82. The summed E-state index contributed by atoms with van der Waals surface area (Å²) in [5.74, 6) is -2.17. The topological polar surface area (TPSA) is 89.9 Å². The van der Waals surface area contributed by atoms with Crippen LogP contribution in [0, 0.1) is 0 Å². The molecule has 0 bridgehead atoms. The minimum Gasteiger partial charge on any atom is -0.460 e. The molecule has 6 nitrogen and oxygen atoms in total. The average molecular weight is 236 g/mol. The Hall–Kier alpha value is -2.21. The fraction of sp³-hybridized carbons (Fsp3) is 0.182. The Bertz CT molecular complexity index is 505. The van der Waals surface area contributed by atoms with Gasteiger partial charge in [0.25, 0.3) is 0 Å². The quantitative estimate of drug-likeness (QED) is 0.593. The number of cyclic esters (lactones) is 2. The van der Waals surface area contributed by atoms with Crippen molar-refractivity contribution in [2.75, 3.05) is 13.2 Å². The highest BCUT2D eigenvalue weighted by atomic mass is 16.6. The van der Waals surface area contributed by atoms with Gasteiger partial charge >= 0.3 is 17.9 Å². The van der Waals surface area contributed by atoms with Crippen LogP contribution >= 0.6 is 0 Å². The number of carbonyl (C=O) groups excluding carboxylic acids is 3. The van der Waals surface area contributed by atoms with E-state index in [-0.39, 0.29) is 29.9 Å². The molecule has 1 heterocycles. The molecule has 0 amide bonds. The highest BCUT2D eigenvalue weighted by Crippen LogP contribution is 2.21. The smallest absolute Gasteiger partial charge is 0.346 e. The second kappa shape index (κ2) is 4.34. The second-order valence-corrected chi connectivity index (χ2v) is 3.30.